The summed E-state index contributed by atoms with van der Waals surface area (Å²) in [6.07, 6.45) is 25.5. The second-order valence-corrected chi connectivity index (χ2v) is 14.4. The van der Waals surface area contributed by atoms with Crippen molar-refractivity contribution >= 4 is 11.9 Å². The molecule has 2 aromatic carbocycles. The van der Waals surface area contributed by atoms with Gasteiger partial charge in [0, 0.05) is 25.7 Å². The van der Waals surface area contributed by atoms with Crippen molar-refractivity contribution in [3.63, 3.8) is 0 Å². The van der Waals surface area contributed by atoms with Crippen LogP contribution in [0, 0.1) is 24.7 Å². The molecule has 0 bridgehead atoms. The minimum Gasteiger partial charge on any atom is -0.487 e. The molecule has 60 heavy (non-hydrogen) atoms. The average Bonchev–Trinajstić information content (AvgIpc) is 3.25. The van der Waals surface area contributed by atoms with E-state index < -0.39 is 0 Å². The van der Waals surface area contributed by atoms with Gasteiger partial charge in [-0.25, -0.2) is 0 Å². The molecule has 12 heteroatoms. The third-order valence-corrected chi connectivity index (χ3v) is 9.40. The lowest BCUT2D eigenvalue weighted by Gasteiger charge is -2.16. The van der Waals surface area contributed by atoms with Gasteiger partial charge in [-0.3, -0.25) is 9.59 Å². The van der Waals surface area contributed by atoms with Gasteiger partial charge in [0.05, 0.1) is 52.9 Å². The highest BCUT2D eigenvalue weighted by Gasteiger charge is 2.12. The van der Waals surface area contributed by atoms with Crippen LogP contribution in [0.3, 0.4) is 0 Å². The van der Waals surface area contributed by atoms with E-state index in [0.29, 0.717) is 102 Å². The lowest BCUT2D eigenvalue weighted by Crippen LogP contribution is -2.16. The average molecular weight is 837 g/mol. The molecule has 0 radical (unpaired) electrons. The first-order chi connectivity index (χ1) is 29.6. The Morgan fingerprint density at radius 2 is 0.750 bits per heavy atom. The number of esters is 2. The summed E-state index contributed by atoms with van der Waals surface area (Å²) in [7, 11) is 0. The minimum atomic E-state index is -0.215. The molecule has 0 saturated carbocycles. The predicted molar refractivity (Wildman–Crippen MR) is 229 cm³/mol. The lowest BCUT2D eigenvalue weighted by atomic mass is 10.1. The standard InChI is InChI=1S/C48H68O12/c1-3-5-7-9-11-13-15-17-19-47(49)59-39-41-21-23-43-45(37-41)57-35-31-53-27-28-54-32-36-58-46-38-42(40-60-48(50)20-18-16-14-12-10-8-6-4-2)22-24-44(46)56-34-30-52-26-25-51-29-33-55-43/h1-2,21-24,37-38H,5-20,25-36,39-40H2. The number of rotatable bonds is 20. The molecule has 3 rings (SSSR count). The van der Waals surface area contributed by atoms with Gasteiger partial charge in [-0.15, -0.1) is 24.7 Å². The molecular formula is C48H68O12. The fourth-order valence-electron chi connectivity index (χ4n) is 6.11. The molecule has 0 N–H and O–H groups in total. The van der Waals surface area contributed by atoms with Crippen LogP contribution < -0.4 is 18.9 Å². The Balaban J connectivity index is 1.42. The monoisotopic (exact) mass is 836 g/mol. The number of hydrogen-bond donors (Lipinski definition) is 0. The molecule has 0 unspecified atom stereocenters. The van der Waals surface area contributed by atoms with Crippen molar-refractivity contribution in [2.45, 2.75) is 116 Å². The van der Waals surface area contributed by atoms with E-state index in [1.165, 1.54) is 0 Å². The van der Waals surface area contributed by atoms with E-state index in [-0.39, 0.29) is 38.4 Å². The molecule has 0 spiro atoms. The number of carbonyl (C=O) groups is 2. The summed E-state index contributed by atoms with van der Waals surface area (Å²) in [5.74, 6) is 7.08. The highest BCUT2D eigenvalue weighted by molar-refractivity contribution is 5.69. The number of unbranched alkanes of at least 4 members (excludes halogenated alkanes) is 12. The summed E-state index contributed by atoms with van der Waals surface area (Å²) < 4.78 is 58.1. The summed E-state index contributed by atoms with van der Waals surface area (Å²) in [6, 6.07) is 11.0. The van der Waals surface area contributed by atoms with Gasteiger partial charge in [-0.05, 0) is 61.1 Å². The van der Waals surface area contributed by atoms with E-state index >= 15 is 0 Å². The van der Waals surface area contributed by atoms with E-state index in [1.54, 1.807) is 0 Å². The predicted octanol–water partition coefficient (Wildman–Crippen LogP) is 8.58. The van der Waals surface area contributed by atoms with Crippen LogP contribution in [-0.2, 0) is 51.2 Å². The molecule has 12 nitrogen and oxygen atoms in total. The van der Waals surface area contributed by atoms with Crippen molar-refractivity contribution in [2.75, 3.05) is 79.3 Å². The van der Waals surface area contributed by atoms with Crippen molar-refractivity contribution in [2.24, 2.45) is 0 Å². The number of carbonyl (C=O) groups excluding carboxylic acids is 2. The summed E-state index contributed by atoms with van der Waals surface area (Å²) in [6.45, 7) is 4.32. The van der Waals surface area contributed by atoms with Gasteiger partial charge >= 0.3 is 11.9 Å². The fourth-order valence-corrected chi connectivity index (χ4v) is 6.11. The van der Waals surface area contributed by atoms with Crippen LogP contribution in [-0.4, -0.2) is 91.2 Å². The van der Waals surface area contributed by atoms with Crippen LogP contribution in [0.2, 0.25) is 0 Å². The van der Waals surface area contributed by atoms with Crippen LogP contribution >= 0.6 is 0 Å². The van der Waals surface area contributed by atoms with Crippen molar-refractivity contribution in [1.29, 1.82) is 0 Å². The van der Waals surface area contributed by atoms with Gasteiger partial charge in [-0.1, -0.05) is 63.5 Å². The largest absolute Gasteiger partial charge is 0.487 e. The lowest BCUT2D eigenvalue weighted by molar-refractivity contribution is -0.146. The van der Waals surface area contributed by atoms with E-state index in [4.69, 9.17) is 60.2 Å². The van der Waals surface area contributed by atoms with Crippen LogP contribution in [0.1, 0.15) is 114 Å². The van der Waals surface area contributed by atoms with Gasteiger partial charge < -0.3 is 47.4 Å². The van der Waals surface area contributed by atoms with E-state index in [0.717, 1.165) is 101 Å². The minimum absolute atomic E-state index is 0.144. The Bertz CT molecular complexity index is 1420. The van der Waals surface area contributed by atoms with E-state index in [9.17, 15) is 9.59 Å². The topological polar surface area (TPSA) is 126 Å². The first kappa shape index (κ1) is 49.9. The Hall–Kier alpha value is -4.46. The van der Waals surface area contributed by atoms with Crippen LogP contribution in [0.15, 0.2) is 36.4 Å². The fraction of sp³-hybridized carbons (Fsp3) is 0.625. The zero-order chi connectivity index (χ0) is 42.6. The number of ether oxygens (including phenoxy) is 10. The molecule has 0 fully saturated rings. The molecule has 0 saturated heterocycles. The van der Waals surface area contributed by atoms with Crippen molar-refractivity contribution < 1.29 is 57.0 Å². The maximum absolute atomic E-state index is 12.4. The van der Waals surface area contributed by atoms with Gasteiger partial charge in [0.15, 0.2) is 23.0 Å². The molecule has 2 aromatic rings. The zero-order valence-corrected chi connectivity index (χ0v) is 35.7. The second kappa shape index (κ2) is 34.3. The highest BCUT2D eigenvalue weighted by atomic mass is 16.6. The van der Waals surface area contributed by atoms with Gasteiger partial charge in [0.2, 0.25) is 0 Å². The third-order valence-electron chi connectivity index (χ3n) is 9.40. The molecule has 0 aliphatic carbocycles. The maximum atomic E-state index is 12.4. The normalized spacial score (nSPS) is 14.8. The second-order valence-electron chi connectivity index (χ2n) is 14.4. The van der Waals surface area contributed by atoms with E-state index in [1.807, 2.05) is 36.4 Å². The zero-order valence-electron chi connectivity index (χ0n) is 35.7. The van der Waals surface area contributed by atoms with E-state index in [2.05, 4.69) is 11.8 Å². The SMILES string of the molecule is C#CCCCCCCCCC(=O)OCc1ccc2c(c1)OCCOCCOCCOc1cc(COC(=O)CCCCCCCCC#C)ccc1OCCOCCOCCO2. The Morgan fingerprint density at radius 3 is 1.12 bits per heavy atom. The van der Waals surface area contributed by atoms with Crippen LogP contribution in [0.4, 0.5) is 0 Å². The third kappa shape index (κ3) is 24.6. The van der Waals surface area contributed by atoms with Crippen LogP contribution in [0.5, 0.6) is 23.0 Å². The van der Waals surface area contributed by atoms with Crippen molar-refractivity contribution in [1.82, 2.24) is 0 Å². The Labute approximate surface area is 358 Å². The van der Waals surface area contributed by atoms with Gasteiger partial charge in [0.1, 0.15) is 39.6 Å². The molecule has 1 aliphatic heterocycles. The number of hydrogen-bond acceptors (Lipinski definition) is 12. The summed E-state index contributed by atoms with van der Waals surface area (Å²) in [4.78, 5) is 24.8. The smallest absolute Gasteiger partial charge is 0.306 e. The van der Waals surface area contributed by atoms with Crippen molar-refractivity contribution in [3.05, 3.63) is 47.5 Å². The molecule has 0 atom stereocenters. The van der Waals surface area contributed by atoms with Gasteiger partial charge in [-0.2, -0.15) is 0 Å². The van der Waals surface area contributed by atoms with Gasteiger partial charge in [0.25, 0.3) is 0 Å². The number of terminal acetylenes is 2. The van der Waals surface area contributed by atoms with Crippen LogP contribution in [0.25, 0.3) is 0 Å². The molecule has 332 valence electrons. The Kier molecular flexibility index (Phi) is 28.5. The molecule has 0 aromatic heterocycles. The summed E-state index contributed by atoms with van der Waals surface area (Å²) in [5.41, 5.74) is 1.59. The first-order valence-corrected chi connectivity index (χ1v) is 21.8. The first-order valence-electron chi connectivity index (χ1n) is 21.8. The Morgan fingerprint density at radius 1 is 0.433 bits per heavy atom. The molecule has 1 heterocycles. The summed E-state index contributed by atoms with van der Waals surface area (Å²) in [5, 5.41) is 0. The number of fused-ring (bicyclic) bond motifs is 2. The molecule has 1 aliphatic rings. The quantitative estimate of drug-likeness (QED) is 0.0721. The molecule has 0 amide bonds. The summed E-state index contributed by atoms with van der Waals surface area (Å²) >= 11 is 0. The highest BCUT2D eigenvalue weighted by Crippen LogP contribution is 2.30. The van der Waals surface area contributed by atoms with Crippen molar-refractivity contribution in [3.8, 4) is 47.7 Å². The molecular weight excluding hydrogens is 769 g/mol. The number of benzene rings is 2. The maximum Gasteiger partial charge on any atom is 0.306 e.